The standard InChI is InChI=1S/C8H16.Cl4Si/c1-3-5-7-8-6-4-2;1-5(2,3)4/h3H,1,4-8H2,2H3;. The molecule has 0 amide bonds. The summed E-state index contributed by atoms with van der Waals surface area (Å²) in [6.45, 7) is 5.89. The van der Waals surface area contributed by atoms with Crippen LogP contribution >= 0.6 is 44.3 Å². The van der Waals surface area contributed by atoms with E-state index in [0.29, 0.717) is 0 Å². The first-order valence-corrected chi connectivity index (χ1v) is 10.3. The molecule has 0 aliphatic rings. The molecule has 0 fully saturated rings. The fourth-order valence-electron chi connectivity index (χ4n) is 0.715. The second kappa shape index (κ2) is 11.2. The van der Waals surface area contributed by atoms with Crippen LogP contribution in [-0.2, 0) is 0 Å². The van der Waals surface area contributed by atoms with Crippen LogP contribution in [0.5, 0.6) is 0 Å². The first-order valence-electron chi connectivity index (χ1n) is 4.28. The summed E-state index contributed by atoms with van der Waals surface area (Å²) in [5.41, 5.74) is 0. The quantitative estimate of drug-likeness (QED) is 0.269. The number of rotatable bonds is 5. The summed E-state index contributed by atoms with van der Waals surface area (Å²) in [6, 6.07) is 0. The van der Waals surface area contributed by atoms with Gasteiger partial charge in [0.15, 0.2) is 0 Å². The van der Waals surface area contributed by atoms with Crippen LogP contribution in [0.4, 0.5) is 0 Å². The topological polar surface area (TPSA) is 0 Å². The molecule has 0 N–H and O–H groups in total. The van der Waals surface area contributed by atoms with Crippen molar-refractivity contribution in [3.8, 4) is 0 Å². The highest BCUT2D eigenvalue weighted by Gasteiger charge is 2.19. The third-order valence-electron chi connectivity index (χ3n) is 1.26. The smallest absolute Gasteiger partial charge is 0.110 e. The van der Waals surface area contributed by atoms with Crippen molar-refractivity contribution in [1.82, 2.24) is 0 Å². The second-order valence-corrected chi connectivity index (χ2v) is 13.7. The van der Waals surface area contributed by atoms with Gasteiger partial charge in [0.1, 0.15) is 0 Å². The SMILES string of the molecule is C=CCCCCCC.Cl[Si](Cl)(Cl)Cl. The number of hydrogen-bond donors (Lipinski definition) is 0. The molecule has 0 nitrogen and oxygen atoms in total. The maximum atomic E-state index is 4.97. The minimum absolute atomic E-state index is 1.19. The Hall–Kier alpha value is 1.12. The van der Waals surface area contributed by atoms with E-state index >= 15 is 0 Å². The van der Waals surface area contributed by atoms with Gasteiger partial charge in [0.25, 0.3) is 0 Å². The summed E-state index contributed by atoms with van der Waals surface area (Å²) in [5.74, 6) is 0. The van der Waals surface area contributed by atoms with Crippen LogP contribution in [0.2, 0.25) is 0 Å². The highest BCUT2D eigenvalue weighted by molar-refractivity contribution is 7.81. The van der Waals surface area contributed by atoms with E-state index in [0.717, 1.165) is 0 Å². The van der Waals surface area contributed by atoms with Crippen molar-refractivity contribution in [2.24, 2.45) is 0 Å². The zero-order chi connectivity index (χ0) is 10.7. The van der Waals surface area contributed by atoms with E-state index in [4.69, 9.17) is 44.3 Å². The molecule has 0 spiro atoms. The first-order chi connectivity index (χ1) is 5.91. The van der Waals surface area contributed by atoms with Gasteiger partial charge in [-0.05, 0) is 12.8 Å². The third-order valence-corrected chi connectivity index (χ3v) is 1.26. The van der Waals surface area contributed by atoms with Gasteiger partial charge in [-0.3, -0.25) is 0 Å². The number of hydrogen-bond acceptors (Lipinski definition) is 0. The molecule has 0 aromatic heterocycles. The lowest BCUT2D eigenvalue weighted by molar-refractivity contribution is 0.675. The Morgan fingerprint density at radius 2 is 1.54 bits per heavy atom. The molecule has 0 aromatic carbocycles. The molecule has 0 bridgehead atoms. The van der Waals surface area contributed by atoms with Crippen molar-refractivity contribution in [2.45, 2.75) is 39.0 Å². The van der Waals surface area contributed by atoms with E-state index in [1.807, 2.05) is 6.08 Å². The van der Waals surface area contributed by atoms with Gasteiger partial charge in [-0.1, -0.05) is 32.3 Å². The fraction of sp³-hybridized carbons (Fsp3) is 0.750. The van der Waals surface area contributed by atoms with Crippen LogP contribution in [0.15, 0.2) is 12.7 Å². The molecule has 0 unspecified atom stereocenters. The van der Waals surface area contributed by atoms with Crippen molar-refractivity contribution in [3.63, 3.8) is 0 Å². The summed E-state index contributed by atoms with van der Waals surface area (Å²) >= 11 is 19.9. The van der Waals surface area contributed by atoms with Crippen molar-refractivity contribution in [1.29, 1.82) is 0 Å². The summed E-state index contributed by atoms with van der Waals surface area (Å²) in [5, 5.41) is -2.72. The largest absolute Gasteiger partial charge is 0.440 e. The average molecular weight is 282 g/mol. The van der Waals surface area contributed by atoms with Crippen LogP contribution < -0.4 is 0 Å². The lowest BCUT2D eigenvalue weighted by atomic mass is 10.2. The predicted octanol–water partition coefficient (Wildman–Crippen LogP) is 5.52. The van der Waals surface area contributed by atoms with Crippen molar-refractivity contribution >= 4 is 49.6 Å². The van der Waals surface area contributed by atoms with Gasteiger partial charge in [-0.2, -0.15) is 0 Å². The van der Waals surface area contributed by atoms with Crippen molar-refractivity contribution in [2.75, 3.05) is 0 Å². The van der Waals surface area contributed by atoms with Crippen LogP contribution in [0.1, 0.15) is 39.0 Å². The van der Waals surface area contributed by atoms with E-state index in [-0.39, 0.29) is 0 Å². The molecule has 5 heteroatoms. The zero-order valence-electron chi connectivity index (χ0n) is 7.83. The van der Waals surface area contributed by atoms with E-state index in [1.165, 1.54) is 32.1 Å². The highest BCUT2D eigenvalue weighted by Crippen LogP contribution is 2.23. The average Bonchev–Trinajstić information content (AvgIpc) is 1.95. The van der Waals surface area contributed by atoms with Gasteiger partial charge >= 0.3 is 5.31 Å². The van der Waals surface area contributed by atoms with Crippen LogP contribution in [-0.4, -0.2) is 5.31 Å². The molecule has 0 rings (SSSR count). The Bertz CT molecular complexity index is 105. The third kappa shape index (κ3) is 43.3. The molecule has 80 valence electrons. The molecule has 0 heterocycles. The number of halogens is 4. The Labute approximate surface area is 101 Å². The minimum Gasteiger partial charge on any atom is -0.110 e. The van der Waals surface area contributed by atoms with Crippen LogP contribution in [0.3, 0.4) is 0 Å². The zero-order valence-corrected chi connectivity index (χ0v) is 11.9. The monoisotopic (exact) mass is 280 g/mol. The number of unbranched alkanes of at least 4 members (excludes halogenated alkanes) is 4. The van der Waals surface area contributed by atoms with E-state index in [9.17, 15) is 0 Å². The normalized spacial score (nSPS) is 10.2. The van der Waals surface area contributed by atoms with Gasteiger partial charge < -0.3 is 0 Å². The Morgan fingerprint density at radius 1 is 1.08 bits per heavy atom. The molecule has 0 atom stereocenters. The van der Waals surface area contributed by atoms with Gasteiger partial charge in [0.05, 0.1) is 0 Å². The Kier molecular flexibility index (Phi) is 14.2. The molecule has 13 heavy (non-hydrogen) atoms. The molecule has 0 aliphatic carbocycles. The summed E-state index contributed by atoms with van der Waals surface area (Å²) in [4.78, 5) is 0. The molecular formula is C8H16Cl4Si. The maximum Gasteiger partial charge on any atom is 0.440 e. The molecule has 0 aromatic rings. The van der Waals surface area contributed by atoms with Gasteiger partial charge in [0, 0.05) is 0 Å². The van der Waals surface area contributed by atoms with Gasteiger partial charge in [-0.15, -0.1) is 50.9 Å². The predicted molar refractivity (Wildman–Crippen MR) is 68.1 cm³/mol. The second-order valence-electron chi connectivity index (χ2n) is 2.57. The molecule has 0 saturated heterocycles. The summed E-state index contributed by atoms with van der Waals surface area (Å²) in [6.07, 6.45) is 8.61. The number of allylic oxidation sites excluding steroid dienone is 1. The molecular weight excluding hydrogens is 266 g/mol. The molecule has 0 saturated carbocycles. The lowest BCUT2D eigenvalue weighted by Gasteiger charge is -1.91. The van der Waals surface area contributed by atoms with Gasteiger partial charge in [-0.25, -0.2) is 0 Å². The van der Waals surface area contributed by atoms with E-state index in [1.54, 1.807) is 0 Å². The molecule has 0 aliphatic heterocycles. The van der Waals surface area contributed by atoms with Crippen molar-refractivity contribution < 1.29 is 0 Å². The Balaban J connectivity index is 0. The Morgan fingerprint density at radius 3 is 1.85 bits per heavy atom. The minimum atomic E-state index is -2.72. The highest BCUT2D eigenvalue weighted by atomic mass is 36.0. The van der Waals surface area contributed by atoms with Crippen LogP contribution in [0, 0.1) is 0 Å². The van der Waals surface area contributed by atoms with E-state index in [2.05, 4.69) is 13.5 Å². The molecule has 0 radical (unpaired) electrons. The summed E-state index contributed by atoms with van der Waals surface area (Å²) < 4.78 is 0. The first kappa shape index (κ1) is 16.5. The lowest BCUT2D eigenvalue weighted by Crippen LogP contribution is -1.91. The summed E-state index contributed by atoms with van der Waals surface area (Å²) in [7, 11) is 0. The van der Waals surface area contributed by atoms with Crippen molar-refractivity contribution in [3.05, 3.63) is 12.7 Å². The fourth-order valence-corrected chi connectivity index (χ4v) is 0.715. The maximum absolute atomic E-state index is 4.97. The van der Waals surface area contributed by atoms with E-state index < -0.39 is 5.31 Å². The van der Waals surface area contributed by atoms with Gasteiger partial charge in [0.2, 0.25) is 0 Å². The van der Waals surface area contributed by atoms with Crippen LogP contribution in [0.25, 0.3) is 0 Å².